The van der Waals surface area contributed by atoms with Crippen LogP contribution in [0.15, 0.2) is 69.4 Å². The lowest BCUT2D eigenvalue weighted by atomic mass is 9.52. The molecule has 0 unspecified atom stereocenters. The topological polar surface area (TPSA) is 221 Å². The van der Waals surface area contributed by atoms with Crippen molar-refractivity contribution >= 4 is 21.7 Å². The largest absolute Gasteiger partial charge is 0.369 e. The molecule has 0 aromatic carbocycles. The Balaban J connectivity index is 0.000000105. The maximum Gasteiger partial charge on any atom is 0.236 e. The second-order valence-corrected chi connectivity index (χ2v) is 58.4. The lowest BCUT2D eigenvalue weighted by Crippen LogP contribution is -2.54. The third-order valence-corrected chi connectivity index (χ3v) is 50.1. The summed E-state index contributed by atoms with van der Waals surface area (Å²) in [6.45, 7) is 44.6. The molecule has 788 valence electrons. The summed E-state index contributed by atoms with van der Waals surface area (Å²) in [5.41, 5.74) is 15.8. The molecule has 4 N–H and O–H groups in total. The Morgan fingerprint density at radius 2 is 0.782 bits per heavy atom. The molecule has 8 aliphatic heterocycles. The van der Waals surface area contributed by atoms with Crippen LogP contribution in [0.4, 0.5) is 0 Å². The van der Waals surface area contributed by atoms with Gasteiger partial charge in [0.15, 0.2) is 0 Å². The number of amides is 1. The van der Waals surface area contributed by atoms with Crippen molar-refractivity contribution in [2.75, 3.05) is 53.1 Å². The second kappa shape index (κ2) is 38.1. The van der Waals surface area contributed by atoms with Gasteiger partial charge in [0.2, 0.25) is 15.9 Å². The monoisotopic (exact) mass is 1970 g/mol. The molecule has 2 aromatic rings. The number of nitrogens with one attached hydrogen (secondary N) is 4. The van der Waals surface area contributed by atoms with E-state index in [4.69, 9.17) is 18.9 Å². The number of piperidine rings is 4. The number of rotatable bonds is 6. The molecule has 1 amide bonds. The fourth-order valence-electron chi connectivity index (χ4n) is 41.6. The van der Waals surface area contributed by atoms with E-state index >= 15 is 0 Å². The molecule has 0 radical (unpaired) electrons. The number of hydrogen-bond donors (Lipinski definition) is 4. The minimum atomic E-state index is -3.13. The van der Waals surface area contributed by atoms with Gasteiger partial charge in [-0.05, 0) is 431 Å². The van der Waals surface area contributed by atoms with Gasteiger partial charge < -0.3 is 39.8 Å². The number of nitrogens with zero attached hydrogens (tertiary/aromatic N) is 8. The number of likely N-dealkylation sites (tertiary alicyclic amines) is 1. The van der Waals surface area contributed by atoms with E-state index in [2.05, 4.69) is 179 Å². The number of Topliss-reactive ketones (excluding diaryl/α,β-unsaturated/α-hetero) is 1. The molecule has 10 heterocycles. The van der Waals surface area contributed by atoms with E-state index < -0.39 is 10.0 Å². The van der Waals surface area contributed by atoms with Gasteiger partial charge in [0.25, 0.3) is 0 Å². The molecule has 8 saturated heterocycles. The van der Waals surface area contributed by atoms with Crippen LogP contribution in [-0.2, 0) is 38.6 Å². The van der Waals surface area contributed by atoms with Crippen LogP contribution >= 0.6 is 0 Å². The SMILES string of the molecule is CC1=C2C[C@H]3[C@@H](CC[C@@H]4CC(=O)CC[C@@]43C)[C@@H]2CC[C@@]2(C1)O[C@@H]1C[C@H](C)CN(CC(=O)N(C)C)[C@H]1[C@H]2C.CC1=C2C[C@H]3[C@@H](CC[C@@H]4C[C@@H](n5ccnn5)CC[C@@]43C)[C@@H]2CC[C@@]2(C1)O[C@@H]1C[C@H](C)CN[C@H]1[C@H]2C.CC1=C2C[C@H]3[C@@H](CC[C@@H]4C[C@H](NS(C)(=O)=O)CC[C@@]43C)[C@@H]2CC[C@@]2(C1)O[C@@H]1C[C@H](C)CN[C@H]1[C@H]2C.CC1=C2C[C@H]3[C@@H](CC[C@@H]4C[C@H](n5ccnn5)CC[C@@]43C)[C@@H]2CC[C@@]2(C1)O[C@@H]1C[C@H](C)CN[C@H]1[C@H]2C. The van der Waals surface area contributed by atoms with Crippen molar-refractivity contribution in [1.82, 2.24) is 60.5 Å². The summed E-state index contributed by atoms with van der Waals surface area (Å²) in [7, 11) is 0.613. The molecule has 142 heavy (non-hydrogen) atoms. The predicted molar refractivity (Wildman–Crippen MR) is 562 cm³/mol. The molecule has 20 fully saturated rings. The molecular weight excluding hydrogens is 1780 g/mol. The van der Waals surface area contributed by atoms with Crippen LogP contribution in [0.1, 0.15) is 380 Å². The van der Waals surface area contributed by atoms with E-state index in [0.717, 1.165) is 173 Å². The van der Waals surface area contributed by atoms with Crippen molar-refractivity contribution in [1.29, 1.82) is 0 Å². The minimum absolute atomic E-state index is 0.0276. The first-order valence-corrected chi connectivity index (χ1v) is 61.5. The highest BCUT2D eigenvalue weighted by molar-refractivity contribution is 7.88. The van der Waals surface area contributed by atoms with E-state index in [1.807, 2.05) is 37.6 Å². The van der Waals surface area contributed by atoms with E-state index in [0.29, 0.717) is 142 Å². The quantitative estimate of drug-likeness (QED) is 0.198. The van der Waals surface area contributed by atoms with Crippen molar-refractivity contribution in [3.63, 3.8) is 0 Å². The summed E-state index contributed by atoms with van der Waals surface area (Å²) in [5, 5.41) is 28.5. The number of likely N-dealkylation sites (N-methyl/N-ethyl adjacent to an activating group) is 1. The number of hydrogen-bond acceptors (Lipinski definition) is 16. The van der Waals surface area contributed by atoms with Gasteiger partial charge in [-0.15, -0.1) is 10.2 Å². The number of carbonyl (C=O) groups is 2. The fraction of sp³-hybridized carbons (Fsp3) is 0.884. The highest BCUT2D eigenvalue weighted by Crippen LogP contribution is 2.72. The minimum Gasteiger partial charge on any atom is -0.369 e. The molecule has 0 bridgehead atoms. The maximum atomic E-state index is 12.7. The Hall–Kier alpha value is -4.03. The van der Waals surface area contributed by atoms with Gasteiger partial charge in [-0.25, -0.2) is 22.5 Å². The first kappa shape index (κ1) is 101. The van der Waals surface area contributed by atoms with E-state index in [1.165, 1.54) is 205 Å². The molecule has 26 rings (SSSR count). The van der Waals surface area contributed by atoms with Crippen molar-refractivity contribution in [3.8, 4) is 0 Å². The fourth-order valence-corrected chi connectivity index (χ4v) is 42.4. The van der Waals surface area contributed by atoms with Gasteiger partial charge in [0, 0.05) is 99.8 Å². The van der Waals surface area contributed by atoms with E-state index in [-0.39, 0.29) is 40.5 Å². The van der Waals surface area contributed by atoms with Crippen LogP contribution < -0.4 is 20.7 Å². The number of sulfonamides is 1. The summed E-state index contributed by atoms with van der Waals surface area (Å²) in [6.07, 6.45) is 60.1. The number of ketones is 1. The first-order valence-electron chi connectivity index (χ1n) is 59.6. The van der Waals surface area contributed by atoms with Gasteiger partial charge in [0.1, 0.15) is 5.78 Å². The van der Waals surface area contributed by atoms with E-state index in [9.17, 15) is 18.0 Å². The number of fused-ring (bicyclic) bond motifs is 24. The molecular formula is C121H190N12O8S. The Labute approximate surface area is 856 Å². The number of allylic oxidation sites excluding steroid dienone is 4. The molecule has 2 aromatic heterocycles. The van der Waals surface area contributed by atoms with Crippen LogP contribution in [0, 0.1) is 164 Å². The number of aromatic nitrogens is 6. The van der Waals surface area contributed by atoms with Crippen LogP contribution in [0.5, 0.6) is 0 Å². The Morgan fingerprint density at radius 3 is 1.15 bits per heavy atom. The molecule has 43 atom stereocenters. The molecule has 20 nitrogen and oxygen atoms in total. The zero-order chi connectivity index (χ0) is 98.9. The van der Waals surface area contributed by atoms with Crippen molar-refractivity contribution < 1.29 is 37.0 Å². The van der Waals surface area contributed by atoms with Gasteiger partial charge in [-0.1, -0.05) is 138 Å². The average Bonchev–Trinajstić information content (AvgIpc) is 1.56. The first-order chi connectivity index (χ1) is 67.8. The van der Waals surface area contributed by atoms with Crippen LogP contribution in [0.25, 0.3) is 0 Å². The average molecular weight is 1970 g/mol. The summed E-state index contributed by atoms with van der Waals surface area (Å²) < 4.78 is 59.3. The zero-order valence-corrected chi connectivity index (χ0v) is 92.4. The van der Waals surface area contributed by atoms with Crippen LogP contribution in [-0.4, -0.2) is 190 Å². The number of ether oxygens (including phenoxy) is 4. The van der Waals surface area contributed by atoms with Crippen molar-refractivity contribution in [3.05, 3.63) is 69.4 Å². The maximum absolute atomic E-state index is 12.7. The third kappa shape index (κ3) is 17.3. The summed E-state index contributed by atoms with van der Waals surface area (Å²) in [5.74, 6) is 18.5. The van der Waals surface area contributed by atoms with Crippen molar-refractivity contribution in [2.45, 2.75) is 457 Å². The normalized spacial score (nSPS) is 50.6. The molecule has 24 aliphatic rings. The molecule has 4 spiro atoms. The highest BCUT2D eigenvalue weighted by atomic mass is 32.2. The van der Waals surface area contributed by atoms with E-state index in [1.54, 1.807) is 38.3 Å². The van der Waals surface area contributed by atoms with Gasteiger partial charge >= 0.3 is 0 Å². The Morgan fingerprint density at radius 1 is 0.430 bits per heavy atom. The van der Waals surface area contributed by atoms with Crippen LogP contribution in [0.2, 0.25) is 0 Å². The smallest absolute Gasteiger partial charge is 0.236 e. The molecule has 21 heteroatoms. The number of carbonyl (C=O) groups excluding carboxylic acids is 2. The standard InChI is InChI=1S/C32H50N2O3.2C30H46N4O.C29H48N2O3S/c1-19-13-28-30(34(17-19)18-29(36)33(5)6)21(3)32(37-28)12-10-24-25-8-7-22-14-23(35)9-11-31(22,4)27(25)15-26(24)20(2)16-32;2*1-18-13-27-28(31-17-18)20(3)30(35-27)10-8-23-24-6-5-21-14-22(34-12-11-32-33-34)7-9-29(21,4)26(24)15-25(23)19(2)16-30;1-17-12-26-27(30-16-17)19(3)29(34-26)11-9-22-23-7-6-20-13-21(31-35(5,32)33)8-10-28(20,4)25(23)14-24(22)18(2)15-29/h19,21-22,24-25,27-28,30H,7-18H2,1-6H3;2*11-12,18,20-24,26-28,31H,5-10,13-17H2,1-4H3;17,19-23,25-27,30-31H,6-16H2,1-5H3/t19-,21+,22+,24-,25-,27-,28+,30-,31-,32-;18-,20+,21+,22+,23-,24-,26-,27+,28-,29-,30-;18-,20+,21+,22-,23-,24-,26-,27+,28-,29-,30-;17-,19+,20+,21+,22-,23-,25-,26+,27-,28-,29-/m0000/s1. The molecule has 12 saturated carbocycles. The van der Waals surface area contributed by atoms with Gasteiger partial charge in [-0.2, -0.15) is 0 Å². The highest BCUT2D eigenvalue weighted by Gasteiger charge is 2.68. The molecule has 16 aliphatic carbocycles. The lowest BCUT2D eigenvalue weighted by molar-refractivity contribution is -0.132. The Kier molecular flexibility index (Phi) is 27.1. The Bertz CT molecular complexity index is 5070. The third-order valence-electron chi connectivity index (χ3n) is 49.4. The zero-order valence-electron chi connectivity index (χ0n) is 91.6. The predicted octanol–water partition coefficient (Wildman–Crippen LogP) is 22.4. The lowest BCUT2D eigenvalue weighted by Gasteiger charge is -2.54. The van der Waals surface area contributed by atoms with Crippen molar-refractivity contribution in [2.24, 2.45) is 164 Å². The van der Waals surface area contributed by atoms with Gasteiger partial charge in [-0.3, -0.25) is 14.5 Å². The summed E-state index contributed by atoms with van der Waals surface area (Å²) >= 11 is 0. The summed E-state index contributed by atoms with van der Waals surface area (Å²) in [4.78, 5) is 29.2. The second-order valence-electron chi connectivity index (χ2n) is 56.7. The van der Waals surface area contributed by atoms with Gasteiger partial charge in [0.05, 0.1) is 84.1 Å². The van der Waals surface area contributed by atoms with Crippen LogP contribution in [0.3, 0.4) is 0 Å². The summed E-state index contributed by atoms with van der Waals surface area (Å²) in [6, 6.07) is 3.24.